The highest BCUT2D eigenvalue weighted by Gasteiger charge is 2.20. The summed E-state index contributed by atoms with van der Waals surface area (Å²) in [5.41, 5.74) is 5.06. The summed E-state index contributed by atoms with van der Waals surface area (Å²) in [5, 5.41) is 14.9. The van der Waals surface area contributed by atoms with Crippen molar-refractivity contribution in [2.75, 3.05) is 18.5 Å². The number of fused-ring (bicyclic) bond motifs is 1. The molecule has 0 aliphatic carbocycles. The molecule has 0 fully saturated rings. The van der Waals surface area contributed by atoms with Gasteiger partial charge in [0.05, 0.1) is 19.1 Å². The molecule has 1 heterocycles. The predicted octanol–water partition coefficient (Wildman–Crippen LogP) is 2.88. The number of aryl methyl sites for hydroxylation is 2. The SMILES string of the molecule is Cc1cc(F)cc([C@@H]2CCc3cc(CC(=O)NCCO)ccc3N2)c1. The van der Waals surface area contributed by atoms with Crippen molar-refractivity contribution >= 4 is 11.6 Å². The highest BCUT2D eigenvalue weighted by molar-refractivity contribution is 5.78. The van der Waals surface area contributed by atoms with Gasteiger partial charge in [0.25, 0.3) is 0 Å². The van der Waals surface area contributed by atoms with Crippen LogP contribution in [-0.4, -0.2) is 24.2 Å². The van der Waals surface area contributed by atoms with Crippen molar-refractivity contribution in [3.63, 3.8) is 0 Å². The minimum Gasteiger partial charge on any atom is -0.395 e. The second-order valence-electron chi connectivity index (χ2n) is 6.54. The zero-order chi connectivity index (χ0) is 17.8. The summed E-state index contributed by atoms with van der Waals surface area (Å²) in [4.78, 5) is 11.8. The number of halogens is 1. The van der Waals surface area contributed by atoms with Crippen LogP contribution in [0.3, 0.4) is 0 Å². The van der Waals surface area contributed by atoms with Crippen LogP contribution < -0.4 is 10.6 Å². The van der Waals surface area contributed by atoms with Crippen molar-refractivity contribution in [2.24, 2.45) is 0 Å². The zero-order valence-electron chi connectivity index (χ0n) is 14.3. The van der Waals surface area contributed by atoms with Gasteiger partial charge in [0, 0.05) is 12.2 Å². The first-order valence-corrected chi connectivity index (χ1v) is 8.58. The number of amides is 1. The summed E-state index contributed by atoms with van der Waals surface area (Å²) >= 11 is 0. The largest absolute Gasteiger partial charge is 0.395 e. The summed E-state index contributed by atoms with van der Waals surface area (Å²) in [6.45, 7) is 2.12. The van der Waals surface area contributed by atoms with Gasteiger partial charge >= 0.3 is 0 Å². The number of hydrogen-bond donors (Lipinski definition) is 3. The fraction of sp³-hybridized carbons (Fsp3) is 0.350. The van der Waals surface area contributed by atoms with Crippen LogP contribution in [0.5, 0.6) is 0 Å². The van der Waals surface area contributed by atoms with Crippen molar-refractivity contribution in [1.82, 2.24) is 5.32 Å². The molecule has 5 heteroatoms. The number of anilines is 1. The lowest BCUT2D eigenvalue weighted by Gasteiger charge is -2.28. The van der Waals surface area contributed by atoms with E-state index in [1.165, 1.54) is 11.6 Å². The lowest BCUT2D eigenvalue weighted by atomic mass is 9.91. The minimum atomic E-state index is -0.202. The summed E-state index contributed by atoms with van der Waals surface area (Å²) in [5.74, 6) is -0.294. The number of nitrogens with one attached hydrogen (secondary N) is 2. The maximum atomic E-state index is 13.7. The van der Waals surface area contributed by atoms with E-state index >= 15 is 0 Å². The van der Waals surface area contributed by atoms with Crippen LogP contribution in [0.2, 0.25) is 0 Å². The molecule has 0 radical (unpaired) electrons. The molecule has 132 valence electrons. The second-order valence-corrected chi connectivity index (χ2v) is 6.54. The van der Waals surface area contributed by atoms with Gasteiger partial charge in [0.2, 0.25) is 5.91 Å². The van der Waals surface area contributed by atoms with Gasteiger partial charge in [-0.15, -0.1) is 0 Å². The molecule has 2 aromatic rings. The summed E-state index contributed by atoms with van der Waals surface area (Å²) < 4.78 is 13.7. The van der Waals surface area contributed by atoms with Crippen LogP contribution in [-0.2, 0) is 17.6 Å². The predicted molar refractivity (Wildman–Crippen MR) is 96.1 cm³/mol. The lowest BCUT2D eigenvalue weighted by Crippen LogP contribution is -2.28. The highest BCUT2D eigenvalue weighted by Crippen LogP contribution is 2.33. The van der Waals surface area contributed by atoms with E-state index in [0.717, 1.165) is 35.2 Å². The number of aliphatic hydroxyl groups excluding tert-OH is 1. The van der Waals surface area contributed by atoms with E-state index in [4.69, 9.17) is 5.11 Å². The third-order valence-electron chi connectivity index (χ3n) is 4.47. The average Bonchev–Trinajstić information content (AvgIpc) is 2.58. The summed E-state index contributed by atoms with van der Waals surface area (Å²) in [7, 11) is 0. The Kier molecular flexibility index (Phi) is 5.34. The highest BCUT2D eigenvalue weighted by atomic mass is 19.1. The minimum absolute atomic E-state index is 0.0548. The third kappa shape index (κ3) is 4.37. The van der Waals surface area contributed by atoms with E-state index in [-0.39, 0.29) is 30.9 Å². The van der Waals surface area contributed by atoms with Gasteiger partial charge in [-0.05, 0) is 60.2 Å². The maximum absolute atomic E-state index is 13.7. The molecule has 1 aliphatic heterocycles. The third-order valence-corrected chi connectivity index (χ3v) is 4.47. The fourth-order valence-corrected chi connectivity index (χ4v) is 3.32. The van der Waals surface area contributed by atoms with Crippen molar-refractivity contribution in [3.8, 4) is 0 Å². The van der Waals surface area contributed by atoms with Gasteiger partial charge < -0.3 is 15.7 Å². The molecule has 0 saturated heterocycles. The normalized spacial score (nSPS) is 16.0. The Bertz CT molecular complexity index is 756. The maximum Gasteiger partial charge on any atom is 0.224 e. The molecule has 0 saturated carbocycles. The van der Waals surface area contributed by atoms with E-state index < -0.39 is 0 Å². The van der Waals surface area contributed by atoms with Gasteiger partial charge in [0.1, 0.15) is 5.82 Å². The molecular formula is C20H23FN2O2. The van der Waals surface area contributed by atoms with Crippen LogP contribution >= 0.6 is 0 Å². The molecule has 0 bridgehead atoms. The first-order valence-electron chi connectivity index (χ1n) is 8.58. The number of carbonyl (C=O) groups excluding carboxylic acids is 1. The molecule has 0 unspecified atom stereocenters. The monoisotopic (exact) mass is 342 g/mol. The van der Waals surface area contributed by atoms with Crippen LogP contribution in [0.15, 0.2) is 36.4 Å². The van der Waals surface area contributed by atoms with E-state index in [9.17, 15) is 9.18 Å². The first kappa shape index (κ1) is 17.4. The number of aliphatic hydroxyl groups is 1. The summed E-state index contributed by atoms with van der Waals surface area (Å²) in [6, 6.07) is 11.2. The van der Waals surface area contributed by atoms with Crippen LogP contribution in [0.1, 0.15) is 34.7 Å². The molecule has 1 aliphatic rings. The lowest BCUT2D eigenvalue weighted by molar-refractivity contribution is -0.120. The zero-order valence-corrected chi connectivity index (χ0v) is 14.3. The van der Waals surface area contributed by atoms with E-state index in [1.807, 2.05) is 31.2 Å². The molecule has 3 rings (SSSR count). The molecule has 1 amide bonds. The van der Waals surface area contributed by atoms with Crippen LogP contribution in [0.4, 0.5) is 10.1 Å². The van der Waals surface area contributed by atoms with Crippen molar-refractivity contribution in [1.29, 1.82) is 0 Å². The van der Waals surface area contributed by atoms with Crippen LogP contribution in [0.25, 0.3) is 0 Å². The average molecular weight is 342 g/mol. The van der Waals surface area contributed by atoms with Crippen LogP contribution in [0, 0.1) is 12.7 Å². The number of hydrogen-bond acceptors (Lipinski definition) is 3. The smallest absolute Gasteiger partial charge is 0.224 e. The fourth-order valence-electron chi connectivity index (χ4n) is 3.32. The second kappa shape index (κ2) is 7.66. The first-order chi connectivity index (χ1) is 12.0. The molecule has 3 N–H and O–H groups in total. The molecule has 1 atom stereocenters. The van der Waals surface area contributed by atoms with E-state index in [2.05, 4.69) is 10.6 Å². The molecule has 0 aromatic heterocycles. The Morgan fingerprint density at radius 2 is 2.16 bits per heavy atom. The Hall–Kier alpha value is -2.40. The summed E-state index contributed by atoms with van der Waals surface area (Å²) in [6.07, 6.45) is 2.07. The Morgan fingerprint density at radius 1 is 1.32 bits per heavy atom. The number of rotatable bonds is 5. The quantitative estimate of drug-likeness (QED) is 0.783. The van der Waals surface area contributed by atoms with Gasteiger partial charge in [-0.3, -0.25) is 4.79 Å². The number of carbonyl (C=O) groups is 1. The van der Waals surface area contributed by atoms with Gasteiger partial charge in [0.15, 0.2) is 0 Å². The van der Waals surface area contributed by atoms with Gasteiger partial charge in [-0.2, -0.15) is 0 Å². The van der Waals surface area contributed by atoms with Gasteiger partial charge in [-0.1, -0.05) is 18.2 Å². The number of benzene rings is 2. The molecule has 0 spiro atoms. The van der Waals surface area contributed by atoms with Gasteiger partial charge in [-0.25, -0.2) is 4.39 Å². The topological polar surface area (TPSA) is 61.4 Å². The molecule has 25 heavy (non-hydrogen) atoms. The van der Waals surface area contributed by atoms with E-state index in [1.54, 1.807) is 6.07 Å². The Labute approximate surface area is 147 Å². The van der Waals surface area contributed by atoms with E-state index in [0.29, 0.717) is 6.42 Å². The molecular weight excluding hydrogens is 319 g/mol. The molecule has 2 aromatic carbocycles. The molecule has 4 nitrogen and oxygen atoms in total. The Balaban J connectivity index is 1.71. The standard InChI is InChI=1S/C20H23FN2O2/c1-13-8-16(12-17(21)9-13)19-5-3-15-10-14(2-4-18(15)23-19)11-20(25)22-6-7-24/h2,4,8-10,12,19,23-24H,3,5-7,11H2,1H3,(H,22,25)/t19-/m0/s1. The van der Waals surface area contributed by atoms with Crippen molar-refractivity contribution < 1.29 is 14.3 Å². The Morgan fingerprint density at radius 3 is 2.92 bits per heavy atom. The van der Waals surface area contributed by atoms with Crippen molar-refractivity contribution in [2.45, 2.75) is 32.2 Å². The van der Waals surface area contributed by atoms with Crippen molar-refractivity contribution in [3.05, 3.63) is 64.5 Å².